The van der Waals surface area contributed by atoms with Crippen molar-refractivity contribution >= 4 is 16.9 Å². The molecule has 0 amide bonds. The summed E-state index contributed by atoms with van der Waals surface area (Å²) in [6, 6.07) is 10.4. The van der Waals surface area contributed by atoms with Gasteiger partial charge in [0, 0.05) is 25.1 Å². The van der Waals surface area contributed by atoms with E-state index in [0.29, 0.717) is 0 Å². The third-order valence-corrected chi connectivity index (χ3v) is 5.93. The molecule has 0 unspecified atom stereocenters. The van der Waals surface area contributed by atoms with Crippen molar-refractivity contribution in [2.75, 3.05) is 20.3 Å². The molecule has 3 atom stereocenters. The molecule has 1 saturated heterocycles. The van der Waals surface area contributed by atoms with Gasteiger partial charge < -0.3 is 19.0 Å². The summed E-state index contributed by atoms with van der Waals surface area (Å²) in [6.45, 7) is 1.44. The third kappa shape index (κ3) is 3.24. The highest BCUT2D eigenvalue weighted by atomic mass is 16.5. The van der Waals surface area contributed by atoms with E-state index in [-0.39, 0.29) is 24.4 Å². The van der Waals surface area contributed by atoms with Crippen LogP contribution in [0.5, 0.6) is 0 Å². The number of hydrogen-bond donors (Lipinski definition) is 1. The summed E-state index contributed by atoms with van der Waals surface area (Å²) in [5.41, 5.74) is 0.751. The highest BCUT2D eigenvalue weighted by molar-refractivity contribution is 5.77. The van der Waals surface area contributed by atoms with Gasteiger partial charge in [0.15, 0.2) is 0 Å². The number of nitrogens with zero attached hydrogens (tertiary/aromatic N) is 1. The Bertz CT molecular complexity index is 754. The molecule has 26 heavy (non-hydrogen) atoms. The topological polar surface area (TPSA) is 72.1 Å². The van der Waals surface area contributed by atoms with Gasteiger partial charge in [-0.1, -0.05) is 18.2 Å². The first kappa shape index (κ1) is 17.5. The fourth-order valence-electron chi connectivity index (χ4n) is 4.60. The van der Waals surface area contributed by atoms with Gasteiger partial charge in [-0.15, -0.1) is 0 Å². The predicted molar refractivity (Wildman–Crippen MR) is 96.0 cm³/mol. The molecular weight excluding hydrogens is 334 g/mol. The van der Waals surface area contributed by atoms with Gasteiger partial charge in [0.2, 0.25) is 0 Å². The van der Waals surface area contributed by atoms with E-state index < -0.39 is 5.97 Å². The molecule has 140 valence electrons. The highest BCUT2D eigenvalue weighted by Crippen LogP contribution is 2.43. The Labute approximate surface area is 152 Å². The number of carboxylic acids is 1. The van der Waals surface area contributed by atoms with E-state index in [0.717, 1.165) is 55.5 Å². The van der Waals surface area contributed by atoms with Gasteiger partial charge in [-0.2, -0.15) is 0 Å². The van der Waals surface area contributed by atoms with Crippen LogP contribution in [0.15, 0.2) is 34.7 Å². The number of methoxy groups -OCH3 is 1. The number of para-hydroxylation sites is 1. The molecule has 2 aliphatic rings. The molecule has 2 heterocycles. The number of carboxylic acid groups (broad SMARTS) is 1. The fourth-order valence-corrected chi connectivity index (χ4v) is 4.60. The number of hydrogen-bond acceptors (Lipinski definition) is 5. The van der Waals surface area contributed by atoms with Crippen molar-refractivity contribution < 1.29 is 23.8 Å². The number of carbonyl (C=O) groups is 1. The van der Waals surface area contributed by atoms with Gasteiger partial charge in [-0.25, -0.2) is 4.79 Å². The molecule has 0 bridgehead atoms. The van der Waals surface area contributed by atoms with Gasteiger partial charge >= 0.3 is 5.97 Å². The first-order valence-electron chi connectivity index (χ1n) is 9.20. The molecule has 6 nitrogen and oxygen atoms in total. The van der Waals surface area contributed by atoms with E-state index in [2.05, 4.69) is 17.0 Å². The number of benzene rings is 1. The second-order valence-electron chi connectivity index (χ2n) is 7.36. The summed E-state index contributed by atoms with van der Waals surface area (Å²) in [4.78, 5) is 13.2. The molecule has 1 aliphatic heterocycles. The van der Waals surface area contributed by atoms with Crippen molar-refractivity contribution in [3.63, 3.8) is 0 Å². The molecule has 4 rings (SSSR count). The first-order chi connectivity index (χ1) is 12.6. The van der Waals surface area contributed by atoms with Crippen LogP contribution in [0.1, 0.15) is 31.4 Å². The van der Waals surface area contributed by atoms with Crippen molar-refractivity contribution in [3.8, 4) is 0 Å². The number of furan rings is 1. The van der Waals surface area contributed by atoms with E-state index in [1.54, 1.807) is 7.11 Å². The molecule has 0 radical (unpaired) electrons. The summed E-state index contributed by atoms with van der Waals surface area (Å²) in [7, 11) is 1.79. The average molecular weight is 359 g/mol. The smallest absolute Gasteiger partial charge is 0.329 e. The highest BCUT2D eigenvalue weighted by Gasteiger charge is 2.51. The third-order valence-electron chi connectivity index (χ3n) is 5.93. The van der Waals surface area contributed by atoms with Crippen LogP contribution in [0.25, 0.3) is 11.0 Å². The van der Waals surface area contributed by atoms with E-state index in [4.69, 9.17) is 19.0 Å². The zero-order valence-corrected chi connectivity index (χ0v) is 15.0. The number of likely N-dealkylation sites (tertiary alicyclic amines) is 1. The molecule has 2 aromatic rings. The number of aliphatic carboxylic acids is 1. The lowest BCUT2D eigenvalue weighted by Gasteiger charge is -2.43. The lowest BCUT2D eigenvalue weighted by atomic mass is 9.79. The van der Waals surface area contributed by atoms with Gasteiger partial charge in [0.1, 0.15) is 18.0 Å². The quantitative estimate of drug-likeness (QED) is 0.855. The molecular formula is C20H25NO5. The first-order valence-corrected chi connectivity index (χ1v) is 9.20. The Balaban J connectivity index is 1.49. The van der Waals surface area contributed by atoms with E-state index >= 15 is 0 Å². The summed E-state index contributed by atoms with van der Waals surface area (Å²) in [5, 5.41) is 9.99. The van der Waals surface area contributed by atoms with Crippen molar-refractivity contribution in [2.24, 2.45) is 0 Å². The van der Waals surface area contributed by atoms with Crippen LogP contribution < -0.4 is 0 Å². The number of ether oxygens (including phenoxy) is 2. The Morgan fingerprint density at radius 2 is 2.23 bits per heavy atom. The molecule has 2 fully saturated rings. The lowest BCUT2D eigenvalue weighted by Crippen LogP contribution is -2.51. The maximum Gasteiger partial charge on any atom is 0.329 e. The number of fused-ring (bicyclic) bond motifs is 2. The van der Waals surface area contributed by atoms with Gasteiger partial charge in [-0.3, -0.25) is 4.90 Å². The monoisotopic (exact) mass is 359 g/mol. The van der Waals surface area contributed by atoms with Gasteiger partial charge in [-0.05, 0) is 37.8 Å². The van der Waals surface area contributed by atoms with Crippen LogP contribution in [-0.4, -0.2) is 54.0 Å². The van der Waals surface area contributed by atoms with Crippen LogP contribution in [0.2, 0.25) is 0 Å². The Morgan fingerprint density at radius 3 is 3.00 bits per heavy atom. The Hall–Kier alpha value is -1.89. The zero-order valence-electron chi connectivity index (χ0n) is 15.0. The Morgan fingerprint density at radius 1 is 1.38 bits per heavy atom. The second kappa shape index (κ2) is 7.02. The van der Waals surface area contributed by atoms with Crippen molar-refractivity contribution in [2.45, 2.75) is 50.0 Å². The summed E-state index contributed by atoms with van der Waals surface area (Å²) in [6.07, 6.45) is 3.49. The van der Waals surface area contributed by atoms with Crippen molar-refractivity contribution in [3.05, 3.63) is 36.1 Å². The maximum atomic E-state index is 10.8. The van der Waals surface area contributed by atoms with Crippen LogP contribution in [0.3, 0.4) is 0 Å². The van der Waals surface area contributed by atoms with Crippen molar-refractivity contribution in [1.82, 2.24) is 4.90 Å². The maximum absolute atomic E-state index is 10.8. The number of rotatable bonds is 6. The van der Waals surface area contributed by atoms with E-state index in [1.807, 2.05) is 18.2 Å². The predicted octanol–water partition coefficient (Wildman–Crippen LogP) is 3.05. The van der Waals surface area contributed by atoms with Gasteiger partial charge in [0.05, 0.1) is 18.2 Å². The fraction of sp³-hybridized carbons (Fsp3) is 0.550. The second-order valence-corrected chi connectivity index (χ2v) is 7.36. The van der Waals surface area contributed by atoms with Crippen LogP contribution >= 0.6 is 0 Å². The molecule has 1 aromatic heterocycles. The molecule has 0 spiro atoms. The summed E-state index contributed by atoms with van der Waals surface area (Å²) < 4.78 is 17.5. The van der Waals surface area contributed by atoms with E-state index in [9.17, 15) is 4.79 Å². The normalized spacial score (nSPS) is 29.1. The average Bonchev–Trinajstić information content (AvgIpc) is 3.21. The molecule has 1 aromatic carbocycles. The minimum absolute atomic E-state index is 0.0318. The lowest BCUT2D eigenvalue weighted by molar-refractivity contribution is -0.148. The van der Waals surface area contributed by atoms with Crippen LogP contribution in [0, 0.1) is 0 Å². The summed E-state index contributed by atoms with van der Waals surface area (Å²) >= 11 is 0. The van der Waals surface area contributed by atoms with Crippen LogP contribution in [-0.2, 0) is 20.8 Å². The molecule has 1 N–H and O–H groups in total. The molecule has 1 saturated carbocycles. The summed E-state index contributed by atoms with van der Waals surface area (Å²) in [5.74, 6) is 0.0332. The molecule has 6 heteroatoms. The van der Waals surface area contributed by atoms with Crippen molar-refractivity contribution in [1.29, 1.82) is 0 Å². The van der Waals surface area contributed by atoms with Crippen LogP contribution in [0.4, 0.5) is 0 Å². The minimum atomic E-state index is -0.917. The Kier molecular flexibility index (Phi) is 4.73. The SMILES string of the molecule is CO[C@@]12CC[C@H](OCC(=O)O)C[C@@H]1N(Cc1cc3ccccc3o1)CC2. The minimum Gasteiger partial charge on any atom is -0.480 e. The zero-order chi connectivity index (χ0) is 18.1. The van der Waals surface area contributed by atoms with Gasteiger partial charge in [0.25, 0.3) is 0 Å². The largest absolute Gasteiger partial charge is 0.480 e. The molecule has 1 aliphatic carbocycles. The van der Waals surface area contributed by atoms with E-state index in [1.165, 1.54) is 0 Å². The standard InChI is InChI=1S/C20H25NO5/c1-24-20-7-6-15(25-13-19(22)23)11-18(20)21(9-8-20)12-16-10-14-4-2-3-5-17(14)26-16/h2-5,10,15,18H,6-9,11-13H2,1H3,(H,22,23)/t15-,18-,20+/m0/s1.